The van der Waals surface area contributed by atoms with Gasteiger partial charge in [-0.05, 0) is 90.0 Å². The Kier molecular flexibility index (Phi) is 8.46. The van der Waals surface area contributed by atoms with Gasteiger partial charge in [0.05, 0.1) is 49.0 Å². The van der Waals surface area contributed by atoms with E-state index in [9.17, 15) is 0 Å². The summed E-state index contributed by atoms with van der Waals surface area (Å²) in [6.07, 6.45) is 0. The van der Waals surface area contributed by atoms with Crippen molar-refractivity contribution < 1.29 is 0 Å². The van der Waals surface area contributed by atoms with Crippen LogP contribution in [0.5, 0.6) is 0 Å². The van der Waals surface area contributed by atoms with E-state index >= 15 is 0 Å². The molecule has 0 saturated carbocycles. The molecule has 0 aliphatic rings. The van der Waals surface area contributed by atoms with Crippen LogP contribution >= 0.6 is 11.3 Å². The number of hydrogen-bond acceptors (Lipinski definition) is 3. The average molecular weight is 910 g/mol. The fourth-order valence-corrected chi connectivity index (χ4v) is 12.3. The predicted octanol–water partition coefficient (Wildman–Crippen LogP) is 17.1. The van der Waals surface area contributed by atoms with E-state index in [0.717, 1.165) is 77.5 Å². The molecule has 0 fully saturated rings. The summed E-state index contributed by atoms with van der Waals surface area (Å²) in [6.45, 7) is 0. The number of nitrogens with zero attached hydrogens (tertiary/aromatic N) is 5. The molecule has 6 heteroatoms. The van der Waals surface area contributed by atoms with E-state index in [1.807, 2.05) is 6.07 Å². The fraction of sp³-hybridized carbons (Fsp3) is 0. The van der Waals surface area contributed by atoms with Gasteiger partial charge in [0.1, 0.15) is 0 Å². The normalized spacial score (nSPS) is 12.0. The molecule has 5 nitrogen and oxygen atoms in total. The van der Waals surface area contributed by atoms with E-state index in [0.29, 0.717) is 0 Å². The Labute approximate surface area is 406 Å². The molecule has 5 heterocycles. The van der Waals surface area contributed by atoms with Crippen molar-refractivity contribution in [3.63, 3.8) is 0 Å². The molecule has 0 N–H and O–H groups in total. The summed E-state index contributed by atoms with van der Waals surface area (Å²) in [4.78, 5) is 10.7. The van der Waals surface area contributed by atoms with Crippen molar-refractivity contribution in [3.05, 3.63) is 237 Å². The van der Waals surface area contributed by atoms with Crippen LogP contribution in [0.2, 0.25) is 0 Å². The van der Waals surface area contributed by atoms with Crippen LogP contribution in [-0.4, -0.2) is 23.7 Å². The SMILES string of the molecule is c1ccc(-c2nc(-c3ccc(-n4c5ccc(-n6c7ccccc7c7ccccc76)cc5c5cc(-n6c7ccccc7c7ccccc76)ccc54)cc3-c3ccccc3)c3sc4ccccc4c3n2)cc1. The molecule has 10 aromatic carbocycles. The summed E-state index contributed by atoms with van der Waals surface area (Å²) >= 11 is 1.76. The first kappa shape index (κ1) is 38.9. The van der Waals surface area contributed by atoms with Crippen molar-refractivity contribution in [3.8, 4) is 50.8 Å². The molecule has 0 spiro atoms. The average Bonchev–Trinajstić information content (AvgIpc) is 4.17. The molecular weight excluding hydrogens is 871 g/mol. The predicted molar refractivity (Wildman–Crippen MR) is 294 cm³/mol. The lowest BCUT2D eigenvalue weighted by molar-refractivity contribution is 1.16. The summed E-state index contributed by atoms with van der Waals surface area (Å²) in [5.74, 6) is 0.718. The maximum Gasteiger partial charge on any atom is 0.160 e. The third-order valence-corrected chi connectivity index (χ3v) is 15.4. The molecule has 0 atom stereocenters. The van der Waals surface area contributed by atoms with Gasteiger partial charge in [0.25, 0.3) is 0 Å². The van der Waals surface area contributed by atoms with Gasteiger partial charge in [-0.1, -0.05) is 158 Å². The van der Waals surface area contributed by atoms with Gasteiger partial charge in [0.2, 0.25) is 0 Å². The molecule has 0 saturated heterocycles. The number of aromatic nitrogens is 5. The van der Waals surface area contributed by atoms with Gasteiger partial charge < -0.3 is 13.7 Å². The largest absolute Gasteiger partial charge is 0.309 e. The van der Waals surface area contributed by atoms with Gasteiger partial charge in [-0.25, -0.2) is 9.97 Å². The van der Waals surface area contributed by atoms with Crippen LogP contribution in [-0.2, 0) is 0 Å². The molecule has 5 aromatic heterocycles. The van der Waals surface area contributed by atoms with E-state index in [4.69, 9.17) is 9.97 Å². The summed E-state index contributed by atoms with van der Waals surface area (Å²) in [5.41, 5.74) is 16.5. The molecule has 15 rings (SSSR count). The summed E-state index contributed by atoms with van der Waals surface area (Å²) < 4.78 is 9.58. The van der Waals surface area contributed by atoms with Crippen LogP contribution in [0.25, 0.3) is 137 Å². The smallest absolute Gasteiger partial charge is 0.160 e. The highest BCUT2D eigenvalue weighted by Gasteiger charge is 2.23. The minimum atomic E-state index is 0.718. The highest BCUT2D eigenvalue weighted by molar-refractivity contribution is 7.26. The van der Waals surface area contributed by atoms with Gasteiger partial charge in [0.15, 0.2) is 5.82 Å². The topological polar surface area (TPSA) is 40.6 Å². The van der Waals surface area contributed by atoms with E-state index in [2.05, 4.69) is 244 Å². The van der Waals surface area contributed by atoms with Crippen molar-refractivity contribution in [2.45, 2.75) is 0 Å². The fourth-order valence-electron chi connectivity index (χ4n) is 11.2. The second kappa shape index (κ2) is 15.2. The van der Waals surface area contributed by atoms with Crippen LogP contribution in [0.15, 0.2) is 237 Å². The van der Waals surface area contributed by atoms with Crippen LogP contribution < -0.4 is 0 Å². The number of rotatable bonds is 6. The third kappa shape index (κ3) is 5.78. The number of thiophene rings is 1. The van der Waals surface area contributed by atoms with Crippen LogP contribution in [0, 0.1) is 0 Å². The molecule has 0 aliphatic heterocycles. The van der Waals surface area contributed by atoms with Crippen LogP contribution in [0.1, 0.15) is 0 Å². The van der Waals surface area contributed by atoms with Crippen molar-refractivity contribution in [2.24, 2.45) is 0 Å². The molecule has 0 amide bonds. The van der Waals surface area contributed by atoms with Gasteiger partial charge in [0, 0.05) is 70.6 Å². The summed E-state index contributed by atoms with van der Waals surface area (Å²) in [5, 5.41) is 8.48. The lowest BCUT2D eigenvalue weighted by Gasteiger charge is -2.16. The van der Waals surface area contributed by atoms with Crippen molar-refractivity contribution in [1.82, 2.24) is 23.7 Å². The summed E-state index contributed by atoms with van der Waals surface area (Å²) in [6, 6.07) is 85.7. The zero-order valence-corrected chi connectivity index (χ0v) is 38.5. The van der Waals surface area contributed by atoms with Crippen molar-refractivity contribution in [2.75, 3.05) is 0 Å². The van der Waals surface area contributed by atoms with Gasteiger partial charge in [-0.2, -0.15) is 0 Å². The van der Waals surface area contributed by atoms with E-state index in [1.54, 1.807) is 11.3 Å². The molecule has 70 heavy (non-hydrogen) atoms. The zero-order valence-electron chi connectivity index (χ0n) is 37.7. The number of para-hydroxylation sites is 4. The Morgan fingerprint density at radius 2 is 0.714 bits per heavy atom. The van der Waals surface area contributed by atoms with Crippen molar-refractivity contribution >= 4 is 97.1 Å². The van der Waals surface area contributed by atoms with E-state index < -0.39 is 0 Å². The molecule has 15 aromatic rings. The lowest BCUT2D eigenvalue weighted by atomic mass is 9.96. The monoisotopic (exact) mass is 909 g/mol. The molecule has 326 valence electrons. The van der Waals surface area contributed by atoms with Crippen molar-refractivity contribution in [1.29, 1.82) is 0 Å². The highest BCUT2D eigenvalue weighted by Crippen LogP contribution is 2.45. The molecule has 0 aliphatic carbocycles. The first-order valence-electron chi connectivity index (χ1n) is 23.7. The quantitative estimate of drug-likeness (QED) is 0.167. The second-order valence-electron chi connectivity index (χ2n) is 18.1. The molecule has 0 unspecified atom stereocenters. The Bertz CT molecular complexity index is 4320. The van der Waals surface area contributed by atoms with E-state index in [-0.39, 0.29) is 0 Å². The highest BCUT2D eigenvalue weighted by atomic mass is 32.1. The van der Waals surface area contributed by atoms with Gasteiger partial charge in [-0.3, -0.25) is 0 Å². The zero-order chi connectivity index (χ0) is 45.9. The first-order valence-corrected chi connectivity index (χ1v) is 24.6. The number of benzene rings is 10. The Morgan fingerprint density at radius 3 is 1.24 bits per heavy atom. The minimum absolute atomic E-state index is 0.718. The molecule has 0 radical (unpaired) electrons. The molecule has 0 bridgehead atoms. The molecular formula is C64H39N5S. The Morgan fingerprint density at radius 1 is 0.300 bits per heavy atom. The second-order valence-corrected chi connectivity index (χ2v) is 19.2. The standard InChI is InChI=1S/C64H39N5S/c1-3-17-40(18-4-1)51-37-42(31-34-49(51)61-63-62(50-25-11-16-30-60(50)70-63)66-64(65-61)41-19-5-2-6-20-41)69-58-35-32-43(67-54-26-12-7-21-45(54)46-22-8-13-27-55(46)67)38-52(58)53-39-44(33-36-59(53)69)68-56-28-14-9-23-47(56)48-24-10-15-29-57(48)68/h1-39H. The van der Waals surface area contributed by atoms with Gasteiger partial charge in [-0.15, -0.1) is 11.3 Å². The maximum absolute atomic E-state index is 5.46. The maximum atomic E-state index is 5.46. The number of hydrogen-bond donors (Lipinski definition) is 0. The summed E-state index contributed by atoms with van der Waals surface area (Å²) in [7, 11) is 0. The third-order valence-electron chi connectivity index (χ3n) is 14.3. The Hall–Kier alpha value is -9.10. The first-order chi connectivity index (χ1) is 34.7. The number of fused-ring (bicyclic) bond motifs is 12. The van der Waals surface area contributed by atoms with Crippen LogP contribution in [0.3, 0.4) is 0 Å². The van der Waals surface area contributed by atoms with Crippen LogP contribution in [0.4, 0.5) is 0 Å². The van der Waals surface area contributed by atoms with E-state index in [1.165, 1.54) is 59.1 Å². The Balaban J connectivity index is 1.01. The van der Waals surface area contributed by atoms with Gasteiger partial charge >= 0.3 is 0 Å². The minimum Gasteiger partial charge on any atom is -0.309 e. The lowest BCUT2D eigenvalue weighted by Crippen LogP contribution is -1.99.